The second kappa shape index (κ2) is 8.80. The molecule has 2 amide bonds. The van der Waals surface area contributed by atoms with Crippen LogP contribution < -0.4 is 5.32 Å². The number of aliphatic hydroxyl groups is 1. The Labute approximate surface area is 160 Å². The van der Waals surface area contributed by atoms with Gasteiger partial charge < -0.3 is 15.3 Å². The molecule has 27 heavy (non-hydrogen) atoms. The monoisotopic (exact) mass is 374 g/mol. The van der Waals surface area contributed by atoms with Gasteiger partial charge in [-0.15, -0.1) is 0 Å². The van der Waals surface area contributed by atoms with Gasteiger partial charge in [0, 0.05) is 31.4 Å². The molecule has 7 nitrogen and oxygen atoms in total. The van der Waals surface area contributed by atoms with Gasteiger partial charge in [-0.25, -0.2) is 0 Å². The van der Waals surface area contributed by atoms with E-state index in [2.05, 4.69) is 29.0 Å². The lowest BCUT2D eigenvalue weighted by molar-refractivity contribution is -0.126. The number of carbonyl (C=O) groups excluding carboxylic acids is 2. The number of nitrogens with one attached hydrogen (secondary N) is 1. The highest BCUT2D eigenvalue weighted by Gasteiger charge is 2.33. The van der Waals surface area contributed by atoms with E-state index in [0.29, 0.717) is 37.3 Å². The van der Waals surface area contributed by atoms with Crippen LogP contribution in [0.1, 0.15) is 50.0 Å². The fourth-order valence-electron chi connectivity index (χ4n) is 4.14. The highest BCUT2D eigenvalue weighted by molar-refractivity contribution is 5.92. The van der Waals surface area contributed by atoms with E-state index in [0.717, 1.165) is 12.8 Å². The fraction of sp³-hybridized carbons (Fsp3) is 0.650. The summed E-state index contributed by atoms with van der Waals surface area (Å²) >= 11 is 0. The first-order valence-corrected chi connectivity index (χ1v) is 9.89. The molecule has 3 rings (SSSR count). The van der Waals surface area contributed by atoms with Gasteiger partial charge >= 0.3 is 0 Å². The van der Waals surface area contributed by atoms with Crippen molar-refractivity contribution >= 4 is 11.8 Å². The maximum atomic E-state index is 12.5. The Hall–Kier alpha value is -1.99. The van der Waals surface area contributed by atoms with Crippen LogP contribution in [-0.4, -0.2) is 75.6 Å². The van der Waals surface area contributed by atoms with Crippen molar-refractivity contribution < 1.29 is 14.7 Å². The van der Waals surface area contributed by atoms with Gasteiger partial charge in [-0.05, 0) is 45.2 Å². The van der Waals surface area contributed by atoms with Crippen molar-refractivity contribution in [2.75, 3.05) is 19.6 Å². The third-order valence-corrected chi connectivity index (χ3v) is 5.80. The molecule has 7 heteroatoms. The number of rotatable bonds is 4. The second-order valence-corrected chi connectivity index (χ2v) is 7.80. The number of hydrogen-bond donors (Lipinski definition) is 2. The number of piperidine rings is 2. The van der Waals surface area contributed by atoms with Crippen LogP contribution in [0.2, 0.25) is 0 Å². The van der Waals surface area contributed by atoms with Crippen LogP contribution in [0.4, 0.5) is 0 Å². The Bertz CT molecular complexity index is 644. The highest BCUT2D eigenvalue weighted by Crippen LogP contribution is 2.22. The molecule has 1 aromatic rings. The predicted octanol–water partition coefficient (Wildman–Crippen LogP) is 1.04. The second-order valence-electron chi connectivity index (χ2n) is 7.80. The third kappa shape index (κ3) is 4.84. The van der Waals surface area contributed by atoms with E-state index in [4.69, 9.17) is 0 Å². The van der Waals surface area contributed by atoms with Crippen LogP contribution in [0, 0.1) is 0 Å². The van der Waals surface area contributed by atoms with Gasteiger partial charge in [0.2, 0.25) is 5.91 Å². The fourth-order valence-corrected chi connectivity index (χ4v) is 4.14. The number of nitrogens with zero attached hydrogens (tertiary/aromatic N) is 3. The molecule has 2 fully saturated rings. The number of amides is 2. The molecule has 1 aromatic heterocycles. The maximum absolute atomic E-state index is 12.5. The highest BCUT2D eigenvalue weighted by atomic mass is 16.3. The number of pyridine rings is 1. The van der Waals surface area contributed by atoms with Gasteiger partial charge in [-0.2, -0.15) is 0 Å². The first-order chi connectivity index (χ1) is 13.0. The van der Waals surface area contributed by atoms with Crippen molar-refractivity contribution in [3.05, 3.63) is 30.1 Å². The minimum absolute atomic E-state index is 0.0517. The molecule has 0 aromatic carbocycles. The van der Waals surface area contributed by atoms with Crippen molar-refractivity contribution in [2.24, 2.45) is 0 Å². The van der Waals surface area contributed by atoms with Gasteiger partial charge in [0.15, 0.2) is 0 Å². The summed E-state index contributed by atoms with van der Waals surface area (Å²) < 4.78 is 0. The van der Waals surface area contributed by atoms with Crippen LogP contribution in [0.15, 0.2) is 24.4 Å². The van der Waals surface area contributed by atoms with Crippen molar-refractivity contribution in [3.63, 3.8) is 0 Å². The molecule has 148 valence electrons. The summed E-state index contributed by atoms with van der Waals surface area (Å²) in [7, 11) is 0. The van der Waals surface area contributed by atoms with E-state index in [9.17, 15) is 14.7 Å². The SMILES string of the molecule is C[C@@H]1CCC[C@H](C)N1CC(=O)N[C@@H]1CCN(C(=O)c2ccccn2)C[C@H]1O. The van der Waals surface area contributed by atoms with Crippen LogP contribution >= 0.6 is 0 Å². The summed E-state index contributed by atoms with van der Waals surface area (Å²) in [5.74, 6) is -0.237. The summed E-state index contributed by atoms with van der Waals surface area (Å²) in [6.07, 6.45) is 4.80. The lowest BCUT2D eigenvalue weighted by Crippen LogP contribution is -2.57. The minimum Gasteiger partial charge on any atom is -0.389 e. The molecule has 0 bridgehead atoms. The summed E-state index contributed by atoms with van der Waals surface area (Å²) in [5, 5.41) is 13.4. The summed E-state index contributed by atoms with van der Waals surface area (Å²) in [4.78, 5) is 32.9. The van der Waals surface area contributed by atoms with Gasteiger partial charge in [-0.3, -0.25) is 19.5 Å². The average molecular weight is 374 g/mol. The number of carbonyl (C=O) groups is 2. The van der Waals surface area contributed by atoms with Crippen molar-refractivity contribution in [1.29, 1.82) is 0 Å². The standard InChI is InChI=1S/C20H30N4O3/c1-14-6-5-7-15(2)24(14)13-19(26)22-16-9-11-23(12-18(16)25)20(27)17-8-3-4-10-21-17/h3-4,8,10,14-16,18,25H,5-7,9,11-13H2,1-2H3,(H,22,26)/t14-,15+,16-,18-/m1/s1. The minimum atomic E-state index is -0.772. The maximum Gasteiger partial charge on any atom is 0.272 e. The van der Waals surface area contributed by atoms with E-state index in [1.165, 1.54) is 6.42 Å². The number of likely N-dealkylation sites (tertiary alicyclic amines) is 2. The molecule has 3 heterocycles. The Morgan fingerprint density at radius 2 is 1.96 bits per heavy atom. The average Bonchev–Trinajstić information content (AvgIpc) is 2.66. The topological polar surface area (TPSA) is 85.8 Å². The van der Waals surface area contributed by atoms with Crippen LogP contribution in [-0.2, 0) is 4.79 Å². The lowest BCUT2D eigenvalue weighted by atomic mass is 9.97. The van der Waals surface area contributed by atoms with Crippen LogP contribution in [0.5, 0.6) is 0 Å². The van der Waals surface area contributed by atoms with Crippen LogP contribution in [0.3, 0.4) is 0 Å². The number of aromatic nitrogens is 1. The summed E-state index contributed by atoms with van der Waals surface area (Å²) in [6, 6.07) is 5.69. The molecule has 0 spiro atoms. The first kappa shape index (κ1) is 19.8. The molecule has 2 aliphatic rings. The predicted molar refractivity (Wildman–Crippen MR) is 102 cm³/mol. The Morgan fingerprint density at radius 3 is 2.59 bits per heavy atom. The molecule has 0 aliphatic carbocycles. The molecule has 2 aliphatic heterocycles. The van der Waals surface area contributed by atoms with E-state index in [1.54, 1.807) is 29.3 Å². The third-order valence-electron chi connectivity index (χ3n) is 5.80. The van der Waals surface area contributed by atoms with Crippen molar-refractivity contribution in [1.82, 2.24) is 20.1 Å². The largest absolute Gasteiger partial charge is 0.389 e. The van der Waals surface area contributed by atoms with Crippen molar-refractivity contribution in [2.45, 2.75) is 63.8 Å². The molecule has 0 radical (unpaired) electrons. The van der Waals surface area contributed by atoms with E-state index < -0.39 is 6.10 Å². The zero-order valence-electron chi connectivity index (χ0n) is 16.2. The van der Waals surface area contributed by atoms with E-state index in [-0.39, 0.29) is 24.4 Å². The van der Waals surface area contributed by atoms with Gasteiger partial charge in [0.1, 0.15) is 5.69 Å². The zero-order valence-corrected chi connectivity index (χ0v) is 16.2. The molecule has 2 saturated heterocycles. The molecule has 2 N–H and O–H groups in total. The molecule has 0 saturated carbocycles. The number of β-amino-alcohol motifs (C(OH)–C–C–N with tert-alkyl or cyclic N) is 1. The number of hydrogen-bond acceptors (Lipinski definition) is 5. The molecule has 4 atom stereocenters. The molecular weight excluding hydrogens is 344 g/mol. The zero-order chi connectivity index (χ0) is 19.4. The first-order valence-electron chi connectivity index (χ1n) is 9.89. The number of aliphatic hydroxyl groups excluding tert-OH is 1. The Balaban J connectivity index is 1.51. The smallest absolute Gasteiger partial charge is 0.272 e. The Kier molecular flexibility index (Phi) is 6.44. The van der Waals surface area contributed by atoms with Crippen molar-refractivity contribution in [3.8, 4) is 0 Å². The summed E-state index contributed by atoms with van der Waals surface area (Å²) in [5.41, 5.74) is 0.375. The Morgan fingerprint density at radius 1 is 1.22 bits per heavy atom. The van der Waals surface area contributed by atoms with Gasteiger partial charge in [0.25, 0.3) is 5.91 Å². The normalized spacial score (nSPS) is 29.4. The summed E-state index contributed by atoms with van der Waals surface area (Å²) in [6.45, 7) is 5.39. The molecule has 0 unspecified atom stereocenters. The van der Waals surface area contributed by atoms with E-state index >= 15 is 0 Å². The van der Waals surface area contributed by atoms with Crippen LogP contribution in [0.25, 0.3) is 0 Å². The lowest BCUT2D eigenvalue weighted by Gasteiger charge is -2.39. The van der Waals surface area contributed by atoms with E-state index in [1.807, 2.05) is 0 Å². The molecular formula is C20H30N4O3. The van der Waals surface area contributed by atoms with Gasteiger partial charge in [-0.1, -0.05) is 12.5 Å². The van der Waals surface area contributed by atoms with Gasteiger partial charge in [0.05, 0.1) is 18.7 Å². The quantitative estimate of drug-likeness (QED) is 0.822.